The number of nitrogens with zero attached hydrogens (tertiary/aromatic N) is 1. The molecular weight excluding hydrogens is 330 g/mol. The fourth-order valence-electron chi connectivity index (χ4n) is 4.10. The average Bonchev–Trinajstić information content (AvgIpc) is 2.72. The summed E-state index contributed by atoms with van der Waals surface area (Å²) in [5.41, 5.74) is 2.19. The van der Waals surface area contributed by atoms with Crippen molar-refractivity contribution in [3.8, 4) is 6.07 Å². The first-order chi connectivity index (χ1) is 13.3. The summed E-state index contributed by atoms with van der Waals surface area (Å²) in [6, 6.07) is 10.4. The number of unbranched alkanes of at least 4 members (excludes halogenated alkanes) is 3. The van der Waals surface area contributed by atoms with E-state index in [2.05, 4.69) is 37.3 Å². The molecule has 0 atom stereocenters. The van der Waals surface area contributed by atoms with Crippen molar-refractivity contribution in [1.29, 1.82) is 5.26 Å². The molecule has 0 bridgehead atoms. The molecule has 0 heterocycles. The van der Waals surface area contributed by atoms with Crippen LogP contribution in [0.4, 0.5) is 0 Å². The first kappa shape index (κ1) is 21.7. The molecule has 0 saturated heterocycles. The highest BCUT2D eigenvalue weighted by Crippen LogP contribution is 2.37. The number of benzene rings is 1. The van der Waals surface area contributed by atoms with Crippen LogP contribution < -0.4 is 0 Å². The minimum Gasteiger partial charge on any atom is -0.381 e. The van der Waals surface area contributed by atoms with Crippen molar-refractivity contribution in [1.82, 2.24) is 0 Å². The fraction of sp³-hybridized carbons (Fsp3) is 0.640. The Morgan fingerprint density at radius 1 is 0.963 bits per heavy atom. The molecule has 0 spiro atoms. The second kappa shape index (κ2) is 13.6. The van der Waals surface area contributed by atoms with Crippen LogP contribution in [0.3, 0.4) is 0 Å². The average molecular weight is 368 g/mol. The van der Waals surface area contributed by atoms with Crippen molar-refractivity contribution in [2.24, 2.45) is 5.92 Å². The zero-order valence-electron chi connectivity index (χ0n) is 17.2. The van der Waals surface area contributed by atoms with E-state index in [4.69, 9.17) is 10.00 Å². The highest BCUT2D eigenvalue weighted by Gasteiger charge is 2.21. The zero-order valence-corrected chi connectivity index (χ0v) is 17.2. The van der Waals surface area contributed by atoms with Gasteiger partial charge in [0.2, 0.25) is 0 Å². The lowest BCUT2D eigenvalue weighted by molar-refractivity contribution is 0.124. The Balaban J connectivity index is 1.47. The van der Waals surface area contributed by atoms with E-state index in [0.717, 1.165) is 31.1 Å². The van der Waals surface area contributed by atoms with E-state index in [-0.39, 0.29) is 0 Å². The van der Waals surface area contributed by atoms with Gasteiger partial charge in [-0.25, -0.2) is 0 Å². The molecule has 0 unspecified atom stereocenters. The molecule has 0 amide bonds. The minimum atomic E-state index is 0.699. The first-order valence-corrected chi connectivity index (χ1v) is 11.1. The maximum absolute atomic E-state index is 8.92. The molecule has 1 saturated carbocycles. The van der Waals surface area contributed by atoms with E-state index >= 15 is 0 Å². The highest BCUT2D eigenvalue weighted by atomic mass is 16.5. The first-order valence-electron chi connectivity index (χ1n) is 11.1. The summed E-state index contributed by atoms with van der Waals surface area (Å²) in [7, 11) is 0. The summed E-state index contributed by atoms with van der Waals surface area (Å²) in [6.07, 6.45) is 18.5. The largest absolute Gasteiger partial charge is 0.381 e. The summed E-state index contributed by atoms with van der Waals surface area (Å²) >= 11 is 0. The van der Waals surface area contributed by atoms with Crippen molar-refractivity contribution in [2.45, 2.75) is 83.5 Å². The topological polar surface area (TPSA) is 33.0 Å². The highest BCUT2D eigenvalue weighted by molar-refractivity contribution is 5.33. The van der Waals surface area contributed by atoms with Gasteiger partial charge in [0.1, 0.15) is 0 Å². The monoisotopic (exact) mass is 367 g/mol. The second-order valence-corrected chi connectivity index (χ2v) is 7.94. The molecule has 0 aliphatic heterocycles. The predicted octanol–water partition coefficient (Wildman–Crippen LogP) is 7.16. The maximum atomic E-state index is 8.92. The Morgan fingerprint density at radius 3 is 2.33 bits per heavy atom. The van der Waals surface area contributed by atoms with E-state index in [9.17, 15) is 0 Å². The van der Waals surface area contributed by atoms with Crippen LogP contribution in [-0.2, 0) is 4.74 Å². The van der Waals surface area contributed by atoms with Gasteiger partial charge < -0.3 is 4.74 Å². The number of hydrogen-bond acceptors (Lipinski definition) is 2. The number of rotatable bonds is 12. The van der Waals surface area contributed by atoms with Crippen LogP contribution in [0.15, 0.2) is 36.4 Å². The Bertz CT molecular complexity index is 561. The lowest BCUT2D eigenvalue weighted by atomic mass is 9.77. The Labute approximate surface area is 166 Å². The molecule has 148 valence electrons. The molecule has 2 rings (SSSR count). The van der Waals surface area contributed by atoms with Gasteiger partial charge in [0, 0.05) is 13.2 Å². The second-order valence-electron chi connectivity index (χ2n) is 7.94. The van der Waals surface area contributed by atoms with Crippen molar-refractivity contribution in [3.63, 3.8) is 0 Å². The third kappa shape index (κ3) is 8.76. The van der Waals surface area contributed by atoms with Crippen LogP contribution in [0.25, 0.3) is 0 Å². The third-order valence-electron chi connectivity index (χ3n) is 5.82. The smallest absolute Gasteiger partial charge is 0.0991 e. The SMILES string of the molecule is CCC=CCCCCOCCCCC1CCC(c2ccc(C#N)cc2)CC1. The Hall–Kier alpha value is -1.59. The minimum absolute atomic E-state index is 0.699. The van der Waals surface area contributed by atoms with E-state index < -0.39 is 0 Å². The lowest BCUT2D eigenvalue weighted by Gasteiger charge is -2.29. The van der Waals surface area contributed by atoms with Crippen LogP contribution in [0.5, 0.6) is 0 Å². The van der Waals surface area contributed by atoms with Crippen LogP contribution >= 0.6 is 0 Å². The molecule has 1 aliphatic carbocycles. The summed E-state index contributed by atoms with van der Waals surface area (Å²) in [6.45, 7) is 4.04. The van der Waals surface area contributed by atoms with Gasteiger partial charge in [-0.15, -0.1) is 0 Å². The molecule has 0 N–H and O–H groups in total. The molecule has 2 nitrogen and oxygen atoms in total. The van der Waals surface area contributed by atoms with Gasteiger partial charge in [-0.2, -0.15) is 5.26 Å². The van der Waals surface area contributed by atoms with Crippen LogP contribution in [-0.4, -0.2) is 13.2 Å². The van der Waals surface area contributed by atoms with Gasteiger partial charge in [-0.3, -0.25) is 0 Å². The maximum Gasteiger partial charge on any atom is 0.0991 e. The van der Waals surface area contributed by atoms with E-state index in [1.54, 1.807) is 0 Å². The number of allylic oxidation sites excluding steroid dienone is 2. The predicted molar refractivity (Wildman–Crippen MR) is 114 cm³/mol. The molecule has 1 aliphatic rings. The van der Waals surface area contributed by atoms with Gasteiger partial charge in [-0.05, 0) is 87.3 Å². The lowest BCUT2D eigenvalue weighted by Crippen LogP contribution is -2.13. The van der Waals surface area contributed by atoms with Crippen LogP contribution in [0, 0.1) is 17.2 Å². The summed E-state index contributed by atoms with van der Waals surface area (Å²) in [4.78, 5) is 0. The molecule has 27 heavy (non-hydrogen) atoms. The summed E-state index contributed by atoms with van der Waals surface area (Å²) < 4.78 is 5.78. The van der Waals surface area contributed by atoms with Crippen LogP contribution in [0.2, 0.25) is 0 Å². The third-order valence-corrected chi connectivity index (χ3v) is 5.82. The molecule has 1 aromatic carbocycles. The van der Waals surface area contributed by atoms with Crippen molar-refractivity contribution < 1.29 is 4.74 Å². The zero-order chi connectivity index (χ0) is 19.2. The Kier molecular flexibility index (Phi) is 10.9. The molecule has 1 fully saturated rings. The van der Waals surface area contributed by atoms with Gasteiger partial charge in [0.25, 0.3) is 0 Å². The van der Waals surface area contributed by atoms with E-state index in [0.29, 0.717) is 5.92 Å². The van der Waals surface area contributed by atoms with E-state index in [1.807, 2.05) is 12.1 Å². The molecule has 1 aromatic rings. The number of hydrogen-bond donors (Lipinski definition) is 0. The number of ether oxygens (including phenoxy) is 1. The van der Waals surface area contributed by atoms with Crippen molar-refractivity contribution in [2.75, 3.05) is 13.2 Å². The Morgan fingerprint density at radius 2 is 1.67 bits per heavy atom. The molecule has 0 aromatic heterocycles. The van der Waals surface area contributed by atoms with Crippen molar-refractivity contribution >= 4 is 0 Å². The number of nitriles is 1. The van der Waals surface area contributed by atoms with Gasteiger partial charge >= 0.3 is 0 Å². The van der Waals surface area contributed by atoms with Crippen molar-refractivity contribution in [3.05, 3.63) is 47.5 Å². The molecule has 0 radical (unpaired) electrons. The standard InChI is InChI=1S/C25H37NO/c1-2-3-4-5-6-8-19-27-20-9-7-10-22-11-15-24(16-12-22)25-17-13-23(21-26)14-18-25/h3-4,13-14,17-18,22,24H,2,5-12,15-16,19-20H2,1H3. The quantitative estimate of drug-likeness (QED) is 0.290. The molecule has 2 heteroatoms. The van der Waals surface area contributed by atoms with Crippen LogP contribution in [0.1, 0.15) is 94.6 Å². The summed E-state index contributed by atoms with van der Waals surface area (Å²) in [5, 5.41) is 8.92. The van der Waals surface area contributed by atoms with Gasteiger partial charge in [0.15, 0.2) is 0 Å². The van der Waals surface area contributed by atoms with Gasteiger partial charge in [0.05, 0.1) is 11.6 Å². The normalized spacial score (nSPS) is 20.0. The fourth-order valence-corrected chi connectivity index (χ4v) is 4.10. The molecular formula is C25H37NO. The van der Waals surface area contributed by atoms with E-state index in [1.165, 1.54) is 69.8 Å². The summed E-state index contributed by atoms with van der Waals surface area (Å²) in [5.74, 6) is 1.61. The van der Waals surface area contributed by atoms with Gasteiger partial charge in [-0.1, -0.05) is 44.1 Å².